The van der Waals surface area contributed by atoms with Gasteiger partial charge < -0.3 is 0 Å². The van der Waals surface area contributed by atoms with E-state index in [-0.39, 0.29) is 12.8 Å². The lowest BCUT2D eigenvalue weighted by molar-refractivity contribution is -0.186. The molecule has 1 saturated carbocycles. The molecule has 1 aliphatic carbocycles. The van der Waals surface area contributed by atoms with E-state index >= 15 is 0 Å². The lowest BCUT2D eigenvalue weighted by Gasteiger charge is -2.40. The summed E-state index contributed by atoms with van der Waals surface area (Å²) >= 11 is 0. The van der Waals surface area contributed by atoms with Crippen LogP contribution in [0.15, 0.2) is 0 Å². The van der Waals surface area contributed by atoms with Gasteiger partial charge in [-0.15, -0.1) is 0 Å². The van der Waals surface area contributed by atoms with Crippen molar-refractivity contribution in [2.45, 2.75) is 37.4 Å². The van der Waals surface area contributed by atoms with Crippen LogP contribution in [0.1, 0.15) is 25.7 Å². The maximum atomic E-state index is 12.4. The highest BCUT2D eigenvalue weighted by Gasteiger charge is 2.46. The molecule has 0 spiro atoms. The number of nitrogens with zero attached hydrogens (tertiary/aromatic N) is 2. The molecule has 0 saturated heterocycles. The van der Waals surface area contributed by atoms with Gasteiger partial charge in [-0.25, -0.2) is 0 Å². The quantitative estimate of drug-likeness (QED) is 0.679. The second kappa shape index (κ2) is 4.01. The Hall–Kier alpha value is -0.760. The van der Waals surface area contributed by atoms with E-state index in [1.807, 2.05) is 0 Å². The van der Waals surface area contributed by atoms with Crippen LogP contribution in [0.5, 0.6) is 0 Å². The number of nitriles is 1. The van der Waals surface area contributed by atoms with Crippen molar-refractivity contribution in [3.8, 4) is 6.07 Å². The van der Waals surface area contributed by atoms with Crippen LogP contribution in [0.25, 0.3) is 0 Å². The summed E-state index contributed by atoms with van der Waals surface area (Å²) in [6.45, 7) is 0. The number of rotatable bonds is 1. The molecular formula is C10H15F3N2. The molecule has 0 N–H and O–H groups in total. The van der Waals surface area contributed by atoms with Gasteiger partial charge in [0.05, 0.1) is 12.0 Å². The highest BCUT2D eigenvalue weighted by molar-refractivity contribution is 5.09. The minimum atomic E-state index is -4.10. The summed E-state index contributed by atoms with van der Waals surface area (Å²) < 4.78 is 37.2. The molecule has 86 valence electrons. The maximum Gasteiger partial charge on any atom is 0.391 e. The van der Waals surface area contributed by atoms with Crippen molar-refractivity contribution in [1.82, 2.24) is 4.90 Å². The van der Waals surface area contributed by atoms with Crippen LogP contribution in [0, 0.1) is 17.2 Å². The highest BCUT2D eigenvalue weighted by Crippen LogP contribution is 2.42. The van der Waals surface area contributed by atoms with Crippen molar-refractivity contribution in [3.63, 3.8) is 0 Å². The Labute approximate surface area is 87.7 Å². The van der Waals surface area contributed by atoms with Gasteiger partial charge in [0.2, 0.25) is 0 Å². The number of hydrogen-bond acceptors (Lipinski definition) is 2. The standard InChI is InChI=1S/C10H15F3N2/c1-15(2)9(7-14)5-3-8(4-6-9)10(11,12)13/h8H,3-6H2,1-2H3. The summed E-state index contributed by atoms with van der Waals surface area (Å²) in [7, 11) is 3.49. The van der Waals surface area contributed by atoms with Crippen molar-refractivity contribution in [1.29, 1.82) is 5.26 Å². The lowest BCUT2D eigenvalue weighted by atomic mass is 9.76. The van der Waals surface area contributed by atoms with E-state index in [9.17, 15) is 13.2 Å². The molecule has 2 nitrogen and oxygen atoms in total. The van der Waals surface area contributed by atoms with Gasteiger partial charge in [0, 0.05) is 0 Å². The van der Waals surface area contributed by atoms with Gasteiger partial charge in [0.1, 0.15) is 5.54 Å². The summed E-state index contributed by atoms with van der Waals surface area (Å²) in [5.74, 6) is -1.22. The largest absolute Gasteiger partial charge is 0.391 e. The molecule has 0 aliphatic heterocycles. The van der Waals surface area contributed by atoms with E-state index in [1.54, 1.807) is 19.0 Å². The van der Waals surface area contributed by atoms with Crippen LogP contribution >= 0.6 is 0 Å². The van der Waals surface area contributed by atoms with Crippen LogP contribution in [0.2, 0.25) is 0 Å². The van der Waals surface area contributed by atoms with Gasteiger partial charge in [-0.3, -0.25) is 4.90 Å². The maximum absolute atomic E-state index is 12.4. The van der Waals surface area contributed by atoms with Crippen molar-refractivity contribution < 1.29 is 13.2 Å². The fourth-order valence-corrected chi connectivity index (χ4v) is 2.08. The molecule has 1 fully saturated rings. The third-order valence-corrected chi connectivity index (χ3v) is 3.34. The SMILES string of the molecule is CN(C)C1(C#N)CCC(C(F)(F)F)CC1. The Balaban J connectivity index is 2.67. The van der Waals surface area contributed by atoms with E-state index in [4.69, 9.17) is 5.26 Å². The third-order valence-electron chi connectivity index (χ3n) is 3.34. The summed E-state index contributed by atoms with van der Waals surface area (Å²) in [5.41, 5.74) is -0.693. The molecule has 1 rings (SSSR count). The van der Waals surface area contributed by atoms with E-state index in [0.717, 1.165) is 0 Å². The normalized spacial score (nSPS) is 32.7. The third kappa shape index (κ3) is 2.43. The fraction of sp³-hybridized carbons (Fsp3) is 0.900. The van der Waals surface area contributed by atoms with Crippen LogP contribution in [-0.4, -0.2) is 30.7 Å². The van der Waals surface area contributed by atoms with Crippen LogP contribution in [-0.2, 0) is 0 Å². The molecule has 1 aliphatic rings. The summed E-state index contributed by atoms with van der Waals surface area (Å²) in [4.78, 5) is 1.74. The first-order valence-corrected chi connectivity index (χ1v) is 4.97. The summed E-state index contributed by atoms with van der Waals surface area (Å²) in [5, 5.41) is 9.03. The molecule has 0 unspecified atom stereocenters. The zero-order valence-electron chi connectivity index (χ0n) is 8.93. The average Bonchev–Trinajstić information content (AvgIpc) is 2.16. The Morgan fingerprint density at radius 3 is 2.00 bits per heavy atom. The molecular weight excluding hydrogens is 205 g/mol. The van der Waals surface area contributed by atoms with Crippen molar-refractivity contribution >= 4 is 0 Å². The number of alkyl halides is 3. The Morgan fingerprint density at radius 2 is 1.73 bits per heavy atom. The lowest BCUT2D eigenvalue weighted by Crippen LogP contribution is -2.47. The van der Waals surface area contributed by atoms with Crippen molar-refractivity contribution in [2.75, 3.05) is 14.1 Å². The number of hydrogen-bond donors (Lipinski definition) is 0. The Bertz CT molecular complexity index is 257. The van der Waals surface area contributed by atoms with Crippen LogP contribution < -0.4 is 0 Å². The van der Waals surface area contributed by atoms with E-state index in [0.29, 0.717) is 12.8 Å². The van der Waals surface area contributed by atoms with Gasteiger partial charge in [-0.2, -0.15) is 18.4 Å². The minimum Gasteiger partial charge on any atom is -0.292 e. The molecule has 0 aromatic carbocycles. The summed E-state index contributed by atoms with van der Waals surface area (Å²) in [6, 6.07) is 2.15. The minimum absolute atomic E-state index is 0.0647. The van der Waals surface area contributed by atoms with Crippen LogP contribution in [0.3, 0.4) is 0 Å². The Morgan fingerprint density at radius 1 is 1.27 bits per heavy atom. The molecule has 5 heteroatoms. The molecule has 15 heavy (non-hydrogen) atoms. The van der Waals surface area contributed by atoms with Gasteiger partial charge in [-0.05, 0) is 39.8 Å². The predicted octanol–water partition coefficient (Wildman–Crippen LogP) is 2.56. The number of halogens is 3. The molecule has 0 amide bonds. The molecule has 0 atom stereocenters. The molecule has 0 aromatic rings. The predicted molar refractivity (Wildman–Crippen MR) is 50.0 cm³/mol. The van der Waals surface area contributed by atoms with Gasteiger partial charge in [0.25, 0.3) is 0 Å². The monoisotopic (exact) mass is 220 g/mol. The zero-order valence-corrected chi connectivity index (χ0v) is 8.93. The van der Waals surface area contributed by atoms with Gasteiger partial charge >= 0.3 is 6.18 Å². The first-order chi connectivity index (χ1) is 6.82. The van der Waals surface area contributed by atoms with Gasteiger partial charge in [0.15, 0.2) is 0 Å². The van der Waals surface area contributed by atoms with Gasteiger partial charge in [-0.1, -0.05) is 0 Å². The highest BCUT2D eigenvalue weighted by atomic mass is 19.4. The molecule has 0 radical (unpaired) electrons. The first-order valence-electron chi connectivity index (χ1n) is 4.97. The van der Waals surface area contributed by atoms with E-state index in [1.165, 1.54) is 0 Å². The second-order valence-electron chi connectivity index (χ2n) is 4.35. The van der Waals surface area contributed by atoms with E-state index < -0.39 is 17.6 Å². The molecule has 0 heterocycles. The second-order valence-corrected chi connectivity index (χ2v) is 4.35. The molecule has 0 bridgehead atoms. The Kier molecular flexibility index (Phi) is 3.29. The molecule has 0 aromatic heterocycles. The van der Waals surface area contributed by atoms with Crippen molar-refractivity contribution in [3.05, 3.63) is 0 Å². The first kappa shape index (κ1) is 12.3. The topological polar surface area (TPSA) is 27.0 Å². The summed E-state index contributed by atoms with van der Waals surface area (Å²) in [6.07, 6.45) is -3.36. The fourth-order valence-electron chi connectivity index (χ4n) is 2.08. The average molecular weight is 220 g/mol. The van der Waals surface area contributed by atoms with E-state index in [2.05, 4.69) is 6.07 Å². The smallest absolute Gasteiger partial charge is 0.292 e. The zero-order chi connectivity index (χ0) is 11.7. The van der Waals surface area contributed by atoms with Crippen molar-refractivity contribution in [2.24, 2.45) is 5.92 Å². The van der Waals surface area contributed by atoms with Crippen LogP contribution in [0.4, 0.5) is 13.2 Å².